The van der Waals surface area contributed by atoms with E-state index in [-0.39, 0.29) is 0 Å². The lowest BCUT2D eigenvalue weighted by Gasteiger charge is -2.24. The molecule has 0 bridgehead atoms. The summed E-state index contributed by atoms with van der Waals surface area (Å²) in [7, 11) is 0. The topological polar surface area (TPSA) is 90.9 Å². The van der Waals surface area contributed by atoms with Crippen molar-refractivity contribution in [3.05, 3.63) is 42.2 Å². The van der Waals surface area contributed by atoms with Crippen molar-refractivity contribution in [1.29, 1.82) is 5.26 Å². The van der Waals surface area contributed by atoms with Gasteiger partial charge in [-0.05, 0) is 43.7 Å². The summed E-state index contributed by atoms with van der Waals surface area (Å²) in [4.78, 5) is 8.92. The van der Waals surface area contributed by atoms with Crippen LogP contribution in [0.4, 0.5) is 5.82 Å². The summed E-state index contributed by atoms with van der Waals surface area (Å²) >= 11 is 0. The monoisotopic (exact) mass is 319 g/mol. The van der Waals surface area contributed by atoms with Crippen molar-refractivity contribution in [3.8, 4) is 17.6 Å². The molecular weight excluding hydrogens is 302 g/mol. The second kappa shape index (κ2) is 6.26. The number of piperidine rings is 1. The summed E-state index contributed by atoms with van der Waals surface area (Å²) < 4.78 is 1.73. The highest BCUT2D eigenvalue weighted by atomic mass is 15.2. The number of nitriles is 1. The van der Waals surface area contributed by atoms with E-state index in [0.29, 0.717) is 23.1 Å². The third kappa shape index (κ3) is 2.92. The molecule has 1 aliphatic rings. The van der Waals surface area contributed by atoms with E-state index in [0.717, 1.165) is 30.8 Å². The molecule has 3 aromatic rings. The molecule has 4 heterocycles. The standard InChI is InChI=1S/C17H17N7/c18-10-12-4-7-24-14(8-12)9-15(23-24)17-20-6-3-16(22-17)21-13-2-1-5-19-11-13/h3-4,6-9,13,19H,1-2,5,11H2,(H,20,21,22)/t13-/m1/s1. The van der Waals surface area contributed by atoms with Crippen molar-refractivity contribution in [1.82, 2.24) is 24.9 Å². The third-order valence-electron chi connectivity index (χ3n) is 4.13. The first-order valence-corrected chi connectivity index (χ1v) is 8.02. The van der Waals surface area contributed by atoms with Gasteiger partial charge in [0.1, 0.15) is 11.5 Å². The summed E-state index contributed by atoms with van der Waals surface area (Å²) in [5.41, 5.74) is 2.15. The summed E-state index contributed by atoms with van der Waals surface area (Å²) in [6.07, 6.45) is 5.82. The minimum atomic E-state index is 0.390. The number of nitrogens with zero attached hydrogens (tertiary/aromatic N) is 5. The first-order chi connectivity index (χ1) is 11.8. The van der Waals surface area contributed by atoms with Gasteiger partial charge in [-0.2, -0.15) is 10.4 Å². The van der Waals surface area contributed by atoms with Gasteiger partial charge in [0.15, 0.2) is 5.82 Å². The zero-order chi connectivity index (χ0) is 16.4. The van der Waals surface area contributed by atoms with E-state index in [1.807, 2.05) is 12.1 Å². The molecule has 2 N–H and O–H groups in total. The molecule has 1 fully saturated rings. The largest absolute Gasteiger partial charge is 0.366 e. The lowest BCUT2D eigenvalue weighted by atomic mass is 10.1. The van der Waals surface area contributed by atoms with Gasteiger partial charge < -0.3 is 10.6 Å². The van der Waals surface area contributed by atoms with Crippen molar-refractivity contribution in [2.45, 2.75) is 18.9 Å². The van der Waals surface area contributed by atoms with E-state index in [1.54, 1.807) is 29.0 Å². The Labute approximate surface area is 139 Å². The Morgan fingerprint density at radius 1 is 1.33 bits per heavy atom. The number of nitrogens with one attached hydrogen (secondary N) is 2. The van der Waals surface area contributed by atoms with Crippen LogP contribution in [0.25, 0.3) is 17.0 Å². The number of hydrogen-bond acceptors (Lipinski definition) is 6. The fraction of sp³-hybridized carbons (Fsp3) is 0.294. The molecule has 0 amide bonds. The van der Waals surface area contributed by atoms with Crippen LogP contribution < -0.4 is 10.6 Å². The molecule has 7 nitrogen and oxygen atoms in total. The molecule has 1 atom stereocenters. The highest BCUT2D eigenvalue weighted by molar-refractivity contribution is 5.63. The molecule has 3 aromatic heterocycles. The minimum absolute atomic E-state index is 0.390. The Bertz CT molecular complexity index is 903. The molecule has 120 valence electrons. The fourth-order valence-corrected chi connectivity index (χ4v) is 2.92. The molecule has 0 spiro atoms. The Hall–Kier alpha value is -2.98. The normalized spacial score (nSPS) is 17.5. The SMILES string of the molecule is N#Cc1ccn2nc(-c3nccc(N[C@@H]4CCCNC4)n3)cc2c1. The predicted molar refractivity (Wildman–Crippen MR) is 90.4 cm³/mol. The first-order valence-electron chi connectivity index (χ1n) is 8.02. The molecule has 0 aromatic carbocycles. The molecule has 0 saturated carbocycles. The number of hydrogen-bond donors (Lipinski definition) is 2. The van der Waals surface area contributed by atoms with Gasteiger partial charge in [0, 0.05) is 25.0 Å². The lowest BCUT2D eigenvalue weighted by Crippen LogP contribution is -2.38. The van der Waals surface area contributed by atoms with Crippen LogP contribution in [-0.4, -0.2) is 38.7 Å². The highest BCUT2D eigenvalue weighted by Crippen LogP contribution is 2.19. The zero-order valence-corrected chi connectivity index (χ0v) is 13.1. The molecule has 7 heteroatoms. The highest BCUT2D eigenvalue weighted by Gasteiger charge is 2.14. The van der Waals surface area contributed by atoms with Crippen molar-refractivity contribution in [2.75, 3.05) is 18.4 Å². The zero-order valence-electron chi connectivity index (χ0n) is 13.1. The van der Waals surface area contributed by atoms with E-state index < -0.39 is 0 Å². The Balaban J connectivity index is 1.61. The Morgan fingerprint density at radius 3 is 3.12 bits per heavy atom. The van der Waals surface area contributed by atoms with Crippen LogP contribution in [0, 0.1) is 11.3 Å². The average Bonchev–Trinajstić information content (AvgIpc) is 3.06. The van der Waals surface area contributed by atoms with Crippen LogP contribution in [0.5, 0.6) is 0 Å². The maximum Gasteiger partial charge on any atom is 0.182 e. The van der Waals surface area contributed by atoms with Gasteiger partial charge in [0.2, 0.25) is 0 Å². The van der Waals surface area contributed by atoms with Crippen LogP contribution >= 0.6 is 0 Å². The van der Waals surface area contributed by atoms with Gasteiger partial charge >= 0.3 is 0 Å². The number of fused-ring (bicyclic) bond motifs is 1. The summed E-state index contributed by atoms with van der Waals surface area (Å²) in [6, 6.07) is 9.82. The Kier molecular flexibility index (Phi) is 3.81. The van der Waals surface area contributed by atoms with Crippen LogP contribution in [-0.2, 0) is 0 Å². The molecule has 1 aliphatic heterocycles. The molecule has 0 unspecified atom stereocenters. The van der Waals surface area contributed by atoms with Gasteiger partial charge in [-0.15, -0.1) is 0 Å². The maximum atomic E-state index is 9.00. The van der Waals surface area contributed by atoms with Gasteiger partial charge in [-0.1, -0.05) is 0 Å². The maximum absolute atomic E-state index is 9.00. The Morgan fingerprint density at radius 2 is 2.29 bits per heavy atom. The second-order valence-electron chi connectivity index (χ2n) is 5.88. The molecule has 1 saturated heterocycles. The van der Waals surface area contributed by atoms with Crippen molar-refractivity contribution < 1.29 is 0 Å². The van der Waals surface area contributed by atoms with Crippen LogP contribution in [0.15, 0.2) is 36.7 Å². The number of rotatable bonds is 3. The molecular formula is C17H17N7. The van der Waals surface area contributed by atoms with E-state index >= 15 is 0 Å². The van der Waals surface area contributed by atoms with E-state index in [9.17, 15) is 0 Å². The molecule has 4 rings (SSSR count). The van der Waals surface area contributed by atoms with Gasteiger partial charge in [-0.25, -0.2) is 14.5 Å². The van der Waals surface area contributed by atoms with E-state index in [1.165, 1.54) is 6.42 Å². The van der Waals surface area contributed by atoms with Crippen molar-refractivity contribution in [3.63, 3.8) is 0 Å². The number of pyridine rings is 1. The van der Waals surface area contributed by atoms with E-state index in [2.05, 4.69) is 31.8 Å². The lowest BCUT2D eigenvalue weighted by molar-refractivity contribution is 0.479. The summed E-state index contributed by atoms with van der Waals surface area (Å²) in [5.74, 6) is 1.38. The van der Waals surface area contributed by atoms with Crippen LogP contribution in [0.1, 0.15) is 18.4 Å². The summed E-state index contributed by atoms with van der Waals surface area (Å²) in [5, 5.41) is 20.3. The van der Waals surface area contributed by atoms with Gasteiger partial charge in [0.05, 0.1) is 17.1 Å². The van der Waals surface area contributed by atoms with Gasteiger partial charge in [0.25, 0.3) is 0 Å². The second-order valence-corrected chi connectivity index (χ2v) is 5.88. The molecule has 0 radical (unpaired) electrons. The predicted octanol–water partition coefficient (Wildman–Crippen LogP) is 1.83. The number of anilines is 1. The fourth-order valence-electron chi connectivity index (χ4n) is 2.92. The summed E-state index contributed by atoms with van der Waals surface area (Å²) in [6.45, 7) is 2.03. The van der Waals surface area contributed by atoms with Crippen LogP contribution in [0.2, 0.25) is 0 Å². The minimum Gasteiger partial charge on any atom is -0.366 e. The smallest absolute Gasteiger partial charge is 0.182 e. The quantitative estimate of drug-likeness (QED) is 0.765. The molecule has 0 aliphatic carbocycles. The average molecular weight is 319 g/mol. The van der Waals surface area contributed by atoms with Crippen molar-refractivity contribution >= 4 is 11.3 Å². The van der Waals surface area contributed by atoms with Crippen molar-refractivity contribution in [2.24, 2.45) is 0 Å². The third-order valence-corrected chi connectivity index (χ3v) is 4.13. The number of aromatic nitrogens is 4. The van der Waals surface area contributed by atoms with Gasteiger partial charge in [-0.3, -0.25) is 0 Å². The molecule has 24 heavy (non-hydrogen) atoms. The first kappa shape index (κ1) is 14.6. The van der Waals surface area contributed by atoms with E-state index in [4.69, 9.17) is 5.26 Å². The van der Waals surface area contributed by atoms with Crippen LogP contribution in [0.3, 0.4) is 0 Å².